The summed E-state index contributed by atoms with van der Waals surface area (Å²) in [6.07, 6.45) is 3.80. The molecular formula is C14H11Cl2N3. The van der Waals surface area contributed by atoms with Gasteiger partial charge in [0.05, 0.1) is 17.3 Å². The van der Waals surface area contributed by atoms with E-state index in [2.05, 4.69) is 10.3 Å². The molecule has 0 bridgehead atoms. The van der Waals surface area contributed by atoms with Crippen molar-refractivity contribution in [3.63, 3.8) is 0 Å². The first-order valence-electron chi connectivity index (χ1n) is 5.83. The Balaban J connectivity index is 1.78. The predicted octanol–water partition coefficient (Wildman–Crippen LogP) is 4.25. The van der Waals surface area contributed by atoms with Gasteiger partial charge in [-0.3, -0.25) is 0 Å². The highest BCUT2D eigenvalue weighted by molar-refractivity contribution is 6.31. The smallest absolute Gasteiger partial charge is 0.137 e. The molecule has 0 amide bonds. The Morgan fingerprint density at radius 2 is 1.95 bits per heavy atom. The van der Waals surface area contributed by atoms with Crippen LogP contribution in [0.5, 0.6) is 0 Å². The largest absolute Gasteiger partial charge is 0.379 e. The summed E-state index contributed by atoms with van der Waals surface area (Å²) in [7, 11) is 0. The van der Waals surface area contributed by atoms with Crippen LogP contribution in [0.3, 0.4) is 0 Å². The highest BCUT2D eigenvalue weighted by Crippen LogP contribution is 2.16. The fourth-order valence-electron chi connectivity index (χ4n) is 1.89. The molecule has 0 radical (unpaired) electrons. The normalized spacial score (nSPS) is 10.8. The van der Waals surface area contributed by atoms with Gasteiger partial charge in [-0.1, -0.05) is 29.3 Å². The lowest BCUT2D eigenvalue weighted by Crippen LogP contribution is -1.99. The van der Waals surface area contributed by atoms with Crippen LogP contribution in [0.15, 0.2) is 48.8 Å². The Hall–Kier alpha value is -1.71. The molecule has 2 heterocycles. The molecule has 0 saturated heterocycles. The number of benzene rings is 1. The molecule has 0 aliphatic heterocycles. The summed E-state index contributed by atoms with van der Waals surface area (Å²) in [4.78, 5) is 4.50. The SMILES string of the molecule is Clc1cccc(NCc2cn3cc(Cl)ccc3n2)c1. The van der Waals surface area contributed by atoms with E-state index >= 15 is 0 Å². The van der Waals surface area contributed by atoms with Crippen LogP contribution in [0, 0.1) is 0 Å². The summed E-state index contributed by atoms with van der Waals surface area (Å²) in [5, 5.41) is 4.69. The van der Waals surface area contributed by atoms with Crippen molar-refractivity contribution in [3.8, 4) is 0 Å². The van der Waals surface area contributed by atoms with Gasteiger partial charge in [0, 0.05) is 23.1 Å². The quantitative estimate of drug-likeness (QED) is 0.781. The van der Waals surface area contributed by atoms with Gasteiger partial charge in [0.25, 0.3) is 0 Å². The van der Waals surface area contributed by atoms with Crippen molar-refractivity contribution in [2.45, 2.75) is 6.54 Å². The van der Waals surface area contributed by atoms with Crippen molar-refractivity contribution < 1.29 is 0 Å². The molecule has 0 atom stereocenters. The standard InChI is InChI=1S/C14H11Cl2N3/c15-10-2-1-3-12(6-10)17-7-13-9-19-8-11(16)4-5-14(19)18-13/h1-6,8-9,17H,7H2. The Labute approximate surface area is 120 Å². The van der Waals surface area contributed by atoms with Crippen LogP contribution in [0.4, 0.5) is 5.69 Å². The van der Waals surface area contributed by atoms with Crippen LogP contribution < -0.4 is 5.32 Å². The van der Waals surface area contributed by atoms with Crippen LogP contribution >= 0.6 is 23.2 Å². The number of hydrogen-bond donors (Lipinski definition) is 1. The van der Waals surface area contributed by atoms with Crippen LogP contribution in [0.25, 0.3) is 5.65 Å². The fourth-order valence-corrected chi connectivity index (χ4v) is 2.25. The van der Waals surface area contributed by atoms with Crippen molar-refractivity contribution in [1.82, 2.24) is 9.38 Å². The Morgan fingerprint density at radius 3 is 2.79 bits per heavy atom. The monoisotopic (exact) mass is 291 g/mol. The number of fused-ring (bicyclic) bond motifs is 1. The van der Waals surface area contributed by atoms with Crippen molar-refractivity contribution in [3.05, 3.63) is 64.5 Å². The van der Waals surface area contributed by atoms with Gasteiger partial charge in [0.1, 0.15) is 5.65 Å². The molecule has 1 N–H and O–H groups in total. The maximum Gasteiger partial charge on any atom is 0.137 e. The topological polar surface area (TPSA) is 29.3 Å². The van der Waals surface area contributed by atoms with Crippen LogP contribution in [-0.4, -0.2) is 9.38 Å². The maximum absolute atomic E-state index is 5.94. The first kappa shape index (κ1) is 12.3. The number of pyridine rings is 1. The van der Waals surface area contributed by atoms with Crippen LogP contribution in [-0.2, 0) is 6.54 Å². The minimum absolute atomic E-state index is 0.639. The molecule has 19 heavy (non-hydrogen) atoms. The van der Waals surface area contributed by atoms with E-state index in [4.69, 9.17) is 23.2 Å². The van der Waals surface area contributed by atoms with Gasteiger partial charge in [-0.2, -0.15) is 0 Å². The number of hydrogen-bond acceptors (Lipinski definition) is 2. The summed E-state index contributed by atoms with van der Waals surface area (Å²) in [5.41, 5.74) is 2.80. The highest BCUT2D eigenvalue weighted by atomic mass is 35.5. The van der Waals surface area contributed by atoms with Gasteiger partial charge in [0.2, 0.25) is 0 Å². The number of halogens is 2. The zero-order valence-corrected chi connectivity index (χ0v) is 11.5. The van der Waals surface area contributed by atoms with E-state index in [9.17, 15) is 0 Å². The molecule has 3 rings (SSSR count). The first-order valence-corrected chi connectivity index (χ1v) is 6.59. The van der Waals surface area contributed by atoms with Gasteiger partial charge in [-0.05, 0) is 30.3 Å². The maximum atomic E-state index is 5.94. The van der Waals surface area contributed by atoms with E-state index in [0.717, 1.165) is 17.0 Å². The summed E-state index contributed by atoms with van der Waals surface area (Å²) < 4.78 is 1.91. The fraction of sp³-hybridized carbons (Fsp3) is 0.0714. The van der Waals surface area contributed by atoms with E-state index in [0.29, 0.717) is 16.6 Å². The molecule has 0 aliphatic rings. The van der Waals surface area contributed by atoms with Crippen LogP contribution in [0.2, 0.25) is 10.0 Å². The Kier molecular flexibility index (Phi) is 3.32. The molecule has 3 nitrogen and oxygen atoms in total. The summed E-state index contributed by atoms with van der Waals surface area (Å²) >= 11 is 11.9. The molecule has 0 spiro atoms. The predicted molar refractivity (Wildman–Crippen MR) is 79.0 cm³/mol. The second-order valence-electron chi connectivity index (χ2n) is 4.21. The van der Waals surface area contributed by atoms with E-state index in [1.54, 1.807) is 0 Å². The Morgan fingerprint density at radius 1 is 1.05 bits per heavy atom. The number of aromatic nitrogens is 2. The molecule has 5 heteroatoms. The summed E-state index contributed by atoms with van der Waals surface area (Å²) in [6.45, 7) is 0.639. The van der Waals surface area contributed by atoms with Crippen molar-refractivity contribution >= 4 is 34.5 Å². The summed E-state index contributed by atoms with van der Waals surface area (Å²) in [5.74, 6) is 0. The van der Waals surface area contributed by atoms with Crippen molar-refractivity contribution in [2.75, 3.05) is 5.32 Å². The average molecular weight is 292 g/mol. The third-order valence-corrected chi connectivity index (χ3v) is 3.22. The molecule has 3 aromatic rings. The third kappa shape index (κ3) is 2.83. The highest BCUT2D eigenvalue weighted by Gasteiger charge is 2.02. The van der Waals surface area contributed by atoms with E-state index in [1.807, 2.05) is 53.2 Å². The minimum Gasteiger partial charge on any atom is -0.379 e. The van der Waals surface area contributed by atoms with Crippen molar-refractivity contribution in [1.29, 1.82) is 0 Å². The molecule has 0 fully saturated rings. The molecular weight excluding hydrogens is 281 g/mol. The van der Waals surface area contributed by atoms with Gasteiger partial charge >= 0.3 is 0 Å². The van der Waals surface area contributed by atoms with Gasteiger partial charge < -0.3 is 9.72 Å². The second-order valence-corrected chi connectivity index (χ2v) is 5.08. The van der Waals surface area contributed by atoms with Crippen molar-refractivity contribution in [2.24, 2.45) is 0 Å². The van der Waals surface area contributed by atoms with E-state index < -0.39 is 0 Å². The average Bonchev–Trinajstić information content (AvgIpc) is 2.78. The number of imidazole rings is 1. The van der Waals surface area contributed by atoms with E-state index in [1.165, 1.54) is 0 Å². The molecule has 0 unspecified atom stereocenters. The number of nitrogens with one attached hydrogen (secondary N) is 1. The minimum atomic E-state index is 0.639. The van der Waals surface area contributed by atoms with Crippen LogP contribution in [0.1, 0.15) is 5.69 Å². The molecule has 2 aromatic heterocycles. The zero-order chi connectivity index (χ0) is 13.2. The Bertz CT molecular complexity index is 722. The first-order chi connectivity index (χ1) is 9.20. The summed E-state index contributed by atoms with van der Waals surface area (Å²) in [6, 6.07) is 11.3. The molecule has 1 aromatic carbocycles. The lowest BCUT2D eigenvalue weighted by atomic mass is 10.3. The van der Waals surface area contributed by atoms with Gasteiger partial charge in [-0.25, -0.2) is 4.98 Å². The van der Waals surface area contributed by atoms with E-state index in [-0.39, 0.29) is 0 Å². The lowest BCUT2D eigenvalue weighted by Gasteiger charge is -2.03. The second kappa shape index (κ2) is 5.11. The number of rotatable bonds is 3. The van der Waals surface area contributed by atoms with Gasteiger partial charge in [-0.15, -0.1) is 0 Å². The third-order valence-electron chi connectivity index (χ3n) is 2.76. The molecule has 96 valence electrons. The zero-order valence-electron chi connectivity index (χ0n) is 9.98. The number of nitrogens with zero attached hydrogens (tertiary/aromatic N) is 2. The lowest BCUT2D eigenvalue weighted by molar-refractivity contribution is 1.08. The molecule has 0 aliphatic carbocycles. The number of anilines is 1. The molecule has 0 saturated carbocycles. The van der Waals surface area contributed by atoms with Gasteiger partial charge in [0.15, 0.2) is 0 Å².